The van der Waals surface area contributed by atoms with Crippen LogP contribution in [0.15, 0.2) is 77.4 Å². The predicted molar refractivity (Wildman–Crippen MR) is 112 cm³/mol. The molecule has 5 rings (SSSR count). The van der Waals surface area contributed by atoms with Crippen LogP contribution in [0.1, 0.15) is 16.7 Å². The Labute approximate surface area is 169 Å². The molecule has 0 spiro atoms. The van der Waals surface area contributed by atoms with Crippen molar-refractivity contribution in [1.82, 2.24) is 15.1 Å². The number of aromatic nitrogens is 3. The van der Waals surface area contributed by atoms with Crippen molar-refractivity contribution < 1.29 is 4.52 Å². The first kappa shape index (κ1) is 17.4. The van der Waals surface area contributed by atoms with Crippen molar-refractivity contribution in [3.05, 3.63) is 89.6 Å². The minimum absolute atomic E-state index is 0.473. The minimum atomic E-state index is 0.473. The fourth-order valence-electron chi connectivity index (χ4n) is 3.57. The zero-order chi connectivity index (χ0) is 19.5. The molecule has 3 heterocycles. The molecule has 0 aliphatic carbocycles. The van der Waals surface area contributed by atoms with Gasteiger partial charge in [-0.2, -0.15) is 4.98 Å². The molecule has 1 aliphatic rings. The normalized spacial score (nSPS) is 13.2. The minimum Gasteiger partial charge on any atom is -0.352 e. The molecule has 29 heavy (non-hydrogen) atoms. The van der Waals surface area contributed by atoms with Crippen LogP contribution in [0, 0.1) is 0 Å². The van der Waals surface area contributed by atoms with Gasteiger partial charge in [-0.3, -0.25) is 0 Å². The molecule has 0 saturated heterocycles. The third-order valence-electron chi connectivity index (χ3n) is 5.16. The lowest BCUT2D eigenvalue weighted by molar-refractivity contribution is 0.432. The first-order valence-electron chi connectivity index (χ1n) is 9.75. The van der Waals surface area contributed by atoms with Crippen molar-refractivity contribution in [3.8, 4) is 11.5 Å². The molecule has 6 heteroatoms. The van der Waals surface area contributed by atoms with E-state index in [0.717, 1.165) is 36.5 Å². The Balaban J connectivity index is 1.21. The molecule has 0 radical (unpaired) electrons. The second-order valence-corrected chi connectivity index (χ2v) is 7.11. The van der Waals surface area contributed by atoms with Gasteiger partial charge in [0.05, 0.1) is 0 Å². The summed E-state index contributed by atoms with van der Waals surface area (Å²) in [6.45, 7) is 2.49. The van der Waals surface area contributed by atoms with Crippen molar-refractivity contribution in [2.75, 3.05) is 16.8 Å². The van der Waals surface area contributed by atoms with Gasteiger partial charge in [0.2, 0.25) is 0 Å². The molecule has 4 aromatic rings. The van der Waals surface area contributed by atoms with Gasteiger partial charge in [0.1, 0.15) is 5.82 Å². The van der Waals surface area contributed by atoms with Crippen LogP contribution in [0.5, 0.6) is 0 Å². The second kappa shape index (κ2) is 7.75. The van der Waals surface area contributed by atoms with Crippen molar-refractivity contribution in [2.45, 2.75) is 19.5 Å². The summed E-state index contributed by atoms with van der Waals surface area (Å²) in [7, 11) is 0. The number of anilines is 2. The molecule has 0 saturated carbocycles. The van der Waals surface area contributed by atoms with E-state index in [0.29, 0.717) is 18.4 Å². The van der Waals surface area contributed by atoms with Gasteiger partial charge < -0.3 is 14.7 Å². The van der Waals surface area contributed by atoms with Crippen LogP contribution in [-0.4, -0.2) is 21.7 Å². The molecule has 2 aromatic carbocycles. The number of hydrogen-bond donors (Lipinski definition) is 1. The molecule has 0 amide bonds. The van der Waals surface area contributed by atoms with Crippen LogP contribution in [0.25, 0.3) is 11.5 Å². The Bertz CT molecular complexity index is 1090. The van der Waals surface area contributed by atoms with Gasteiger partial charge in [0.15, 0.2) is 0 Å². The smallest absolute Gasteiger partial charge is 0.264 e. The molecular weight excluding hydrogens is 362 g/mol. The molecule has 6 nitrogen and oxygen atoms in total. The Morgan fingerprint density at radius 1 is 0.931 bits per heavy atom. The van der Waals surface area contributed by atoms with Gasteiger partial charge in [-0.05, 0) is 46.5 Å². The van der Waals surface area contributed by atoms with Crippen LogP contribution >= 0.6 is 0 Å². The van der Waals surface area contributed by atoms with E-state index in [1.54, 1.807) is 0 Å². The fourth-order valence-corrected chi connectivity index (χ4v) is 3.57. The van der Waals surface area contributed by atoms with Gasteiger partial charge in [-0.25, -0.2) is 4.98 Å². The van der Waals surface area contributed by atoms with Gasteiger partial charge in [-0.1, -0.05) is 48.5 Å². The zero-order valence-electron chi connectivity index (χ0n) is 16.0. The summed E-state index contributed by atoms with van der Waals surface area (Å²) < 4.78 is 5.32. The van der Waals surface area contributed by atoms with E-state index in [1.165, 1.54) is 11.1 Å². The largest absolute Gasteiger partial charge is 0.352 e. The van der Waals surface area contributed by atoms with E-state index in [2.05, 4.69) is 61.7 Å². The van der Waals surface area contributed by atoms with Crippen LogP contribution in [0.4, 0.5) is 11.8 Å². The van der Waals surface area contributed by atoms with E-state index in [4.69, 9.17) is 4.52 Å². The van der Waals surface area contributed by atoms with Gasteiger partial charge in [0.25, 0.3) is 11.8 Å². The molecule has 0 atom stereocenters. The van der Waals surface area contributed by atoms with Crippen LogP contribution in [-0.2, 0) is 19.5 Å². The highest BCUT2D eigenvalue weighted by Gasteiger charge is 2.16. The summed E-state index contributed by atoms with van der Waals surface area (Å²) in [4.78, 5) is 11.4. The Hall–Kier alpha value is -3.67. The number of pyridine rings is 1. The number of rotatable bonds is 5. The average molecular weight is 383 g/mol. The number of nitrogens with one attached hydrogen (secondary N) is 1. The molecule has 1 N–H and O–H groups in total. The summed E-state index contributed by atoms with van der Waals surface area (Å²) in [5, 5.41) is 7.19. The standard InChI is InChI=1S/C23H21N5O/c1-2-7-19(8-3-1)22-26-23(27-29-22)25-15-17-10-11-21(24-14-17)28-13-12-18-6-4-5-9-20(18)16-28/h1-11,14H,12-13,15-16H2,(H,25,27). The van der Waals surface area contributed by atoms with Crippen LogP contribution in [0.3, 0.4) is 0 Å². The van der Waals surface area contributed by atoms with Gasteiger partial charge in [-0.15, -0.1) is 0 Å². The SMILES string of the molecule is c1ccc(-c2nc(NCc3ccc(N4CCc5ccccc5C4)nc3)no2)cc1. The molecule has 2 aromatic heterocycles. The molecule has 0 unspecified atom stereocenters. The number of nitrogens with zero attached hydrogens (tertiary/aromatic N) is 4. The van der Waals surface area contributed by atoms with Crippen LogP contribution < -0.4 is 10.2 Å². The Morgan fingerprint density at radius 3 is 2.59 bits per heavy atom. The monoisotopic (exact) mass is 383 g/mol. The maximum atomic E-state index is 5.32. The topological polar surface area (TPSA) is 67.1 Å². The fraction of sp³-hybridized carbons (Fsp3) is 0.174. The van der Waals surface area contributed by atoms with E-state index in [9.17, 15) is 0 Å². The first-order valence-corrected chi connectivity index (χ1v) is 9.75. The van der Waals surface area contributed by atoms with Crippen molar-refractivity contribution in [3.63, 3.8) is 0 Å². The van der Waals surface area contributed by atoms with E-state index in [-0.39, 0.29) is 0 Å². The lowest BCUT2D eigenvalue weighted by Gasteiger charge is -2.29. The maximum absolute atomic E-state index is 5.32. The highest BCUT2D eigenvalue weighted by molar-refractivity contribution is 5.53. The summed E-state index contributed by atoms with van der Waals surface area (Å²) in [5.74, 6) is 1.99. The third-order valence-corrected chi connectivity index (χ3v) is 5.16. The van der Waals surface area contributed by atoms with Gasteiger partial charge >= 0.3 is 0 Å². The highest BCUT2D eigenvalue weighted by atomic mass is 16.5. The molecule has 1 aliphatic heterocycles. The lowest BCUT2D eigenvalue weighted by atomic mass is 10.00. The Morgan fingerprint density at radius 2 is 1.76 bits per heavy atom. The highest BCUT2D eigenvalue weighted by Crippen LogP contribution is 2.23. The quantitative estimate of drug-likeness (QED) is 0.554. The van der Waals surface area contributed by atoms with E-state index in [1.807, 2.05) is 36.5 Å². The predicted octanol–water partition coefficient (Wildman–Crippen LogP) is 4.31. The maximum Gasteiger partial charge on any atom is 0.264 e. The lowest BCUT2D eigenvalue weighted by Crippen LogP contribution is -2.30. The molecule has 144 valence electrons. The average Bonchev–Trinajstić information content (AvgIpc) is 3.27. The number of fused-ring (bicyclic) bond motifs is 1. The number of benzene rings is 2. The summed E-state index contributed by atoms with van der Waals surface area (Å²) in [6, 6.07) is 22.5. The number of hydrogen-bond acceptors (Lipinski definition) is 6. The summed E-state index contributed by atoms with van der Waals surface area (Å²) in [5.41, 5.74) is 4.80. The molecular formula is C23H21N5O. The van der Waals surface area contributed by atoms with E-state index < -0.39 is 0 Å². The zero-order valence-corrected chi connectivity index (χ0v) is 16.0. The summed E-state index contributed by atoms with van der Waals surface area (Å²) >= 11 is 0. The van der Waals surface area contributed by atoms with Crippen molar-refractivity contribution in [1.29, 1.82) is 0 Å². The summed E-state index contributed by atoms with van der Waals surface area (Å²) in [6.07, 6.45) is 2.96. The second-order valence-electron chi connectivity index (χ2n) is 7.11. The molecule has 0 bridgehead atoms. The third kappa shape index (κ3) is 3.82. The van der Waals surface area contributed by atoms with Crippen molar-refractivity contribution in [2.24, 2.45) is 0 Å². The van der Waals surface area contributed by atoms with Crippen molar-refractivity contribution >= 4 is 11.8 Å². The first-order chi connectivity index (χ1) is 14.3. The molecule has 0 fully saturated rings. The van der Waals surface area contributed by atoms with Crippen LogP contribution in [0.2, 0.25) is 0 Å². The van der Waals surface area contributed by atoms with Gasteiger partial charge in [0, 0.05) is 31.4 Å². The van der Waals surface area contributed by atoms with E-state index >= 15 is 0 Å². The Kier molecular flexibility index (Phi) is 4.66.